The summed E-state index contributed by atoms with van der Waals surface area (Å²) in [4.78, 5) is 10.9. The molecular formula is C11H14ClNO2. The summed E-state index contributed by atoms with van der Waals surface area (Å²) in [5.74, 6) is -0.850. The van der Waals surface area contributed by atoms with Gasteiger partial charge in [-0.3, -0.25) is 4.79 Å². The Bertz CT molecular complexity index is 341. The van der Waals surface area contributed by atoms with Crippen molar-refractivity contribution < 1.29 is 9.90 Å². The fourth-order valence-corrected chi connectivity index (χ4v) is 1.59. The largest absolute Gasteiger partial charge is 0.480 e. The van der Waals surface area contributed by atoms with Gasteiger partial charge in [0.1, 0.15) is 6.04 Å². The molecule has 15 heavy (non-hydrogen) atoms. The number of hydrogen-bond donors (Lipinski definition) is 2. The summed E-state index contributed by atoms with van der Waals surface area (Å²) in [5.41, 5.74) is 0.854. The van der Waals surface area contributed by atoms with Crippen LogP contribution in [-0.4, -0.2) is 23.7 Å². The van der Waals surface area contributed by atoms with Gasteiger partial charge in [0.15, 0.2) is 0 Å². The topological polar surface area (TPSA) is 49.3 Å². The summed E-state index contributed by atoms with van der Waals surface area (Å²) in [6, 6.07) is 6.72. The first kappa shape index (κ1) is 12.0. The van der Waals surface area contributed by atoms with Crippen LogP contribution in [0.15, 0.2) is 24.3 Å². The summed E-state index contributed by atoms with van der Waals surface area (Å²) in [6.07, 6.45) is 0.406. The molecule has 1 rings (SSSR count). The van der Waals surface area contributed by atoms with E-state index in [1.165, 1.54) is 0 Å². The molecule has 0 aromatic heterocycles. The zero-order chi connectivity index (χ0) is 11.3. The number of likely N-dealkylation sites (N-methyl/N-ethyl adjacent to an activating group) is 1. The summed E-state index contributed by atoms with van der Waals surface area (Å²) in [6.45, 7) is 2.50. The molecule has 1 atom stereocenters. The third kappa shape index (κ3) is 3.53. The highest BCUT2D eigenvalue weighted by Gasteiger charge is 2.17. The van der Waals surface area contributed by atoms with E-state index in [1.807, 2.05) is 25.1 Å². The minimum absolute atomic E-state index is 0.406. The molecule has 0 amide bonds. The number of aliphatic carboxylic acids is 1. The van der Waals surface area contributed by atoms with Crippen LogP contribution in [0.3, 0.4) is 0 Å². The van der Waals surface area contributed by atoms with Crippen LogP contribution in [-0.2, 0) is 11.2 Å². The molecule has 0 unspecified atom stereocenters. The van der Waals surface area contributed by atoms with E-state index in [2.05, 4.69) is 5.32 Å². The van der Waals surface area contributed by atoms with E-state index in [0.717, 1.165) is 5.56 Å². The number of benzene rings is 1. The van der Waals surface area contributed by atoms with Gasteiger partial charge in [0, 0.05) is 5.02 Å². The lowest BCUT2D eigenvalue weighted by Crippen LogP contribution is -2.38. The maximum absolute atomic E-state index is 10.9. The van der Waals surface area contributed by atoms with Crippen LogP contribution >= 0.6 is 11.6 Å². The Balaban J connectivity index is 2.74. The quantitative estimate of drug-likeness (QED) is 0.809. The summed E-state index contributed by atoms with van der Waals surface area (Å²) in [5, 5.41) is 12.5. The second-order valence-corrected chi connectivity index (χ2v) is 3.65. The fourth-order valence-electron chi connectivity index (χ4n) is 1.38. The van der Waals surface area contributed by atoms with E-state index in [9.17, 15) is 4.79 Å². The molecule has 0 saturated carbocycles. The number of carboxylic acids is 1. The van der Waals surface area contributed by atoms with Gasteiger partial charge < -0.3 is 10.4 Å². The predicted octanol–water partition coefficient (Wildman–Crippen LogP) is 1.95. The molecule has 1 aromatic rings. The van der Waals surface area contributed by atoms with Crippen molar-refractivity contribution in [3.63, 3.8) is 0 Å². The van der Waals surface area contributed by atoms with Crippen molar-refractivity contribution in [3.8, 4) is 0 Å². The number of halogens is 1. The molecule has 2 N–H and O–H groups in total. The number of carboxylic acid groups (broad SMARTS) is 1. The molecule has 0 aliphatic rings. The monoisotopic (exact) mass is 227 g/mol. The molecule has 0 heterocycles. The van der Waals surface area contributed by atoms with Gasteiger partial charge in [-0.15, -0.1) is 0 Å². The summed E-state index contributed by atoms with van der Waals surface area (Å²) in [7, 11) is 0. The summed E-state index contributed by atoms with van der Waals surface area (Å²) < 4.78 is 0. The van der Waals surface area contributed by atoms with Crippen LogP contribution in [0, 0.1) is 0 Å². The van der Waals surface area contributed by atoms with E-state index in [-0.39, 0.29) is 0 Å². The summed E-state index contributed by atoms with van der Waals surface area (Å²) >= 11 is 5.95. The van der Waals surface area contributed by atoms with Gasteiger partial charge in [-0.2, -0.15) is 0 Å². The van der Waals surface area contributed by atoms with E-state index in [0.29, 0.717) is 18.0 Å². The normalized spacial score (nSPS) is 12.4. The Morgan fingerprint density at radius 3 is 2.73 bits per heavy atom. The van der Waals surface area contributed by atoms with Gasteiger partial charge in [0.2, 0.25) is 0 Å². The highest BCUT2D eigenvalue weighted by atomic mass is 35.5. The molecule has 0 radical (unpaired) electrons. The average Bonchev–Trinajstić information content (AvgIpc) is 2.20. The van der Waals surface area contributed by atoms with E-state index in [1.54, 1.807) is 6.07 Å². The third-order valence-corrected chi connectivity index (χ3v) is 2.50. The van der Waals surface area contributed by atoms with Crippen LogP contribution < -0.4 is 5.32 Å². The van der Waals surface area contributed by atoms with Crippen LogP contribution in [0.1, 0.15) is 12.5 Å². The molecule has 82 valence electrons. The lowest BCUT2D eigenvalue weighted by atomic mass is 10.1. The smallest absolute Gasteiger partial charge is 0.321 e. The highest BCUT2D eigenvalue weighted by Crippen LogP contribution is 2.16. The van der Waals surface area contributed by atoms with Crippen molar-refractivity contribution in [2.75, 3.05) is 6.54 Å². The van der Waals surface area contributed by atoms with E-state index in [4.69, 9.17) is 16.7 Å². The molecule has 0 fully saturated rings. The molecule has 1 aromatic carbocycles. The maximum atomic E-state index is 10.9. The molecule has 0 saturated heterocycles. The molecular weight excluding hydrogens is 214 g/mol. The minimum atomic E-state index is -0.850. The van der Waals surface area contributed by atoms with Crippen LogP contribution in [0.4, 0.5) is 0 Å². The lowest BCUT2D eigenvalue weighted by Gasteiger charge is -2.13. The molecule has 4 heteroatoms. The van der Waals surface area contributed by atoms with Crippen LogP contribution in [0.25, 0.3) is 0 Å². The predicted molar refractivity (Wildman–Crippen MR) is 60.3 cm³/mol. The zero-order valence-electron chi connectivity index (χ0n) is 8.53. The van der Waals surface area contributed by atoms with Gasteiger partial charge in [0.25, 0.3) is 0 Å². The minimum Gasteiger partial charge on any atom is -0.480 e. The second-order valence-electron chi connectivity index (χ2n) is 3.24. The Morgan fingerprint density at radius 1 is 1.53 bits per heavy atom. The Morgan fingerprint density at radius 2 is 2.20 bits per heavy atom. The van der Waals surface area contributed by atoms with Gasteiger partial charge in [0.05, 0.1) is 0 Å². The Kier molecular flexibility index (Phi) is 4.59. The molecule has 0 aliphatic carbocycles. The molecule has 0 spiro atoms. The van der Waals surface area contributed by atoms with Gasteiger partial charge in [-0.1, -0.05) is 36.7 Å². The van der Waals surface area contributed by atoms with Gasteiger partial charge in [-0.05, 0) is 24.6 Å². The SMILES string of the molecule is CCN[C@@H](Cc1ccccc1Cl)C(=O)O. The Hall–Kier alpha value is -1.06. The van der Waals surface area contributed by atoms with Crippen molar-refractivity contribution in [2.24, 2.45) is 0 Å². The fraction of sp³-hybridized carbons (Fsp3) is 0.364. The van der Waals surface area contributed by atoms with Gasteiger partial charge >= 0.3 is 5.97 Å². The highest BCUT2D eigenvalue weighted by molar-refractivity contribution is 6.31. The van der Waals surface area contributed by atoms with Crippen molar-refractivity contribution in [1.82, 2.24) is 5.32 Å². The third-order valence-electron chi connectivity index (χ3n) is 2.13. The van der Waals surface area contributed by atoms with Crippen molar-refractivity contribution in [3.05, 3.63) is 34.9 Å². The van der Waals surface area contributed by atoms with E-state index >= 15 is 0 Å². The van der Waals surface area contributed by atoms with E-state index < -0.39 is 12.0 Å². The van der Waals surface area contributed by atoms with Crippen LogP contribution in [0.2, 0.25) is 5.02 Å². The average molecular weight is 228 g/mol. The van der Waals surface area contributed by atoms with Crippen molar-refractivity contribution in [2.45, 2.75) is 19.4 Å². The molecule has 3 nitrogen and oxygen atoms in total. The number of carbonyl (C=O) groups is 1. The van der Waals surface area contributed by atoms with Gasteiger partial charge in [-0.25, -0.2) is 0 Å². The molecule has 0 bridgehead atoms. The maximum Gasteiger partial charge on any atom is 0.321 e. The molecule has 0 aliphatic heterocycles. The first-order valence-electron chi connectivity index (χ1n) is 4.84. The van der Waals surface area contributed by atoms with Crippen LogP contribution in [0.5, 0.6) is 0 Å². The number of nitrogens with one attached hydrogen (secondary N) is 1. The van der Waals surface area contributed by atoms with Crippen molar-refractivity contribution in [1.29, 1.82) is 0 Å². The van der Waals surface area contributed by atoms with Crippen molar-refractivity contribution >= 4 is 17.6 Å². The standard InChI is InChI=1S/C11H14ClNO2/c1-2-13-10(11(14)15)7-8-5-3-4-6-9(8)12/h3-6,10,13H,2,7H2,1H3,(H,14,15)/t10-/m0/s1. The second kappa shape index (κ2) is 5.73. The first-order valence-corrected chi connectivity index (χ1v) is 5.22. The lowest BCUT2D eigenvalue weighted by molar-refractivity contribution is -0.139. The number of hydrogen-bond acceptors (Lipinski definition) is 2. The Labute approximate surface area is 94.1 Å². The number of rotatable bonds is 5. The first-order chi connectivity index (χ1) is 7.15. The zero-order valence-corrected chi connectivity index (χ0v) is 9.29.